The van der Waals surface area contributed by atoms with E-state index in [9.17, 15) is 4.79 Å². The van der Waals surface area contributed by atoms with Crippen molar-refractivity contribution >= 4 is 33.4 Å². The molecule has 1 aromatic rings. The molecule has 0 saturated carbocycles. The molecule has 0 aliphatic rings. The summed E-state index contributed by atoms with van der Waals surface area (Å²) >= 11 is 8.85. The van der Waals surface area contributed by atoms with Crippen LogP contribution < -0.4 is 5.73 Å². The average molecular weight is 249 g/mol. The Hall–Kier alpha value is -0.610. The number of hydrogen-bond donors (Lipinski definition) is 1. The van der Waals surface area contributed by atoms with Gasteiger partial charge in [-0.2, -0.15) is 0 Å². The van der Waals surface area contributed by atoms with Crippen LogP contribution in [0.2, 0.25) is 0 Å². The minimum Gasteiger partial charge on any atom is -0.368 e. The molecule has 3 nitrogen and oxygen atoms in total. The van der Waals surface area contributed by atoms with Crippen LogP contribution in [0.5, 0.6) is 0 Å². The standard InChI is InChI=1S/C7H6BrClN2O/c8-5-3-4(1-2-11-5)6(9)7(10)12/h1-3,6H,(H2,10,12). The molecule has 1 rings (SSSR count). The van der Waals surface area contributed by atoms with Crippen LogP contribution in [0.4, 0.5) is 0 Å². The molecule has 0 aromatic carbocycles. The fourth-order valence-electron chi connectivity index (χ4n) is 0.739. The monoisotopic (exact) mass is 248 g/mol. The molecule has 1 aromatic heterocycles. The molecular weight excluding hydrogens is 243 g/mol. The van der Waals surface area contributed by atoms with E-state index >= 15 is 0 Å². The van der Waals surface area contributed by atoms with Crippen LogP contribution in [0.15, 0.2) is 22.9 Å². The Kier molecular flexibility index (Phi) is 3.05. The van der Waals surface area contributed by atoms with Gasteiger partial charge < -0.3 is 5.73 Å². The van der Waals surface area contributed by atoms with E-state index in [0.29, 0.717) is 10.2 Å². The zero-order valence-electron chi connectivity index (χ0n) is 6.00. The number of primary amides is 1. The molecule has 0 fully saturated rings. The second-order valence-corrected chi connectivity index (χ2v) is 3.43. The summed E-state index contributed by atoms with van der Waals surface area (Å²) in [7, 11) is 0. The lowest BCUT2D eigenvalue weighted by atomic mass is 10.2. The van der Waals surface area contributed by atoms with Gasteiger partial charge in [-0.15, -0.1) is 11.6 Å². The Morgan fingerprint density at radius 1 is 1.75 bits per heavy atom. The van der Waals surface area contributed by atoms with Gasteiger partial charge in [0.2, 0.25) is 5.91 Å². The Labute approximate surface area is 83.1 Å². The van der Waals surface area contributed by atoms with Crippen molar-refractivity contribution in [3.05, 3.63) is 28.5 Å². The summed E-state index contributed by atoms with van der Waals surface area (Å²) in [6, 6.07) is 3.30. The van der Waals surface area contributed by atoms with Crippen molar-refractivity contribution in [3.8, 4) is 0 Å². The van der Waals surface area contributed by atoms with Crippen molar-refractivity contribution < 1.29 is 4.79 Å². The predicted octanol–water partition coefficient (Wildman–Crippen LogP) is 1.61. The Morgan fingerprint density at radius 3 is 2.92 bits per heavy atom. The first-order chi connectivity index (χ1) is 5.61. The summed E-state index contributed by atoms with van der Waals surface area (Å²) in [5.74, 6) is -0.560. The first-order valence-electron chi connectivity index (χ1n) is 3.16. The molecule has 1 unspecified atom stereocenters. The van der Waals surface area contributed by atoms with E-state index in [4.69, 9.17) is 17.3 Å². The number of hydrogen-bond acceptors (Lipinski definition) is 2. The largest absolute Gasteiger partial charge is 0.368 e. The molecule has 5 heteroatoms. The fourth-order valence-corrected chi connectivity index (χ4v) is 1.26. The summed E-state index contributed by atoms with van der Waals surface area (Å²) in [6.07, 6.45) is 1.55. The quantitative estimate of drug-likeness (QED) is 0.639. The number of carbonyl (C=O) groups is 1. The third-order valence-electron chi connectivity index (χ3n) is 1.29. The van der Waals surface area contributed by atoms with Gasteiger partial charge in [-0.3, -0.25) is 4.79 Å². The van der Waals surface area contributed by atoms with Gasteiger partial charge in [0.15, 0.2) is 0 Å². The zero-order valence-corrected chi connectivity index (χ0v) is 8.34. The lowest BCUT2D eigenvalue weighted by Crippen LogP contribution is -2.16. The van der Waals surface area contributed by atoms with Crippen LogP contribution >= 0.6 is 27.5 Å². The van der Waals surface area contributed by atoms with Crippen molar-refractivity contribution in [2.45, 2.75) is 5.38 Å². The minimum atomic E-state index is -0.788. The number of nitrogens with two attached hydrogens (primary N) is 1. The highest BCUT2D eigenvalue weighted by Crippen LogP contribution is 2.21. The van der Waals surface area contributed by atoms with Gasteiger partial charge in [-0.05, 0) is 33.6 Å². The number of alkyl halides is 1. The van der Waals surface area contributed by atoms with Crippen molar-refractivity contribution in [1.29, 1.82) is 0 Å². The van der Waals surface area contributed by atoms with Crippen LogP contribution in [0, 0.1) is 0 Å². The summed E-state index contributed by atoms with van der Waals surface area (Å²) in [5, 5.41) is -0.788. The number of rotatable bonds is 2. The van der Waals surface area contributed by atoms with Crippen LogP contribution in [-0.4, -0.2) is 10.9 Å². The number of pyridine rings is 1. The van der Waals surface area contributed by atoms with Crippen LogP contribution in [0.3, 0.4) is 0 Å². The SMILES string of the molecule is NC(=O)C(Cl)c1ccnc(Br)c1. The third-order valence-corrected chi connectivity index (χ3v) is 2.19. The maximum absolute atomic E-state index is 10.7. The first kappa shape index (κ1) is 9.48. The maximum Gasteiger partial charge on any atom is 0.240 e. The van der Waals surface area contributed by atoms with Gasteiger partial charge in [-0.25, -0.2) is 4.98 Å². The van der Waals surface area contributed by atoms with Gasteiger partial charge >= 0.3 is 0 Å². The van der Waals surface area contributed by atoms with Crippen molar-refractivity contribution in [2.75, 3.05) is 0 Å². The summed E-state index contributed by atoms with van der Waals surface area (Å²) in [6.45, 7) is 0. The van der Waals surface area contributed by atoms with Crippen molar-refractivity contribution in [2.24, 2.45) is 5.73 Å². The van der Waals surface area contributed by atoms with E-state index in [1.165, 1.54) is 0 Å². The molecule has 1 heterocycles. The topological polar surface area (TPSA) is 56.0 Å². The van der Waals surface area contributed by atoms with Gasteiger partial charge in [-0.1, -0.05) is 0 Å². The highest BCUT2D eigenvalue weighted by atomic mass is 79.9. The Bertz CT molecular complexity index is 305. The van der Waals surface area contributed by atoms with E-state index in [1.54, 1.807) is 18.3 Å². The van der Waals surface area contributed by atoms with Gasteiger partial charge in [0.1, 0.15) is 9.98 Å². The van der Waals surface area contributed by atoms with E-state index < -0.39 is 11.3 Å². The molecule has 0 radical (unpaired) electrons. The Morgan fingerprint density at radius 2 is 2.42 bits per heavy atom. The van der Waals surface area contributed by atoms with E-state index in [0.717, 1.165) is 0 Å². The Balaban J connectivity index is 2.95. The molecule has 0 bridgehead atoms. The molecular formula is C7H6BrClN2O. The van der Waals surface area contributed by atoms with Crippen molar-refractivity contribution in [3.63, 3.8) is 0 Å². The first-order valence-corrected chi connectivity index (χ1v) is 4.39. The highest BCUT2D eigenvalue weighted by molar-refractivity contribution is 9.10. The molecule has 12 heavy (non-hydrogen) atoms. The van der Waals surface area contributed by atoms with Gasteiger partial charge in [0, 0.05) is 6.20 Å². The molecule has 0 aliphatic heterocycles. The molecule has 0 saturated heterocycles. The fraction of sp³-hybridized carbons (Fsp3) is 0.143. The summed E-state index contributed by atoms with van der Waals surface area (Å²) in [5.41, 5.74) is 5.66. The van der Waals surface area contributed by atoms with E-state index in [2.05, 4.69) is 20.9 Å². The second kappa shape index (κ2) is 3.87. The third kappa shape index (κ3) is 2.19. The molecule has 1 atom stereocenters. The van der Waals surface area contributed by atoms with E-state index in [1.807, 2.05) is 0 Å². The molecule has 0 spiro atoms. The number of aromatic nitrogens is 1. The number of nitrogens with zero attached hydrogens (tertiary/aromatic N) is 1. The zero-order chi connectivity index (χ0) is 9.14. The van der Waals surface area contributed by atoms with Crippen molar-refractivity contribution in [1.82, 2.24) is 4.98 Å². The predicted molar refractivity (Wildman–Crippen MR) is 49.7 cm³/mol. The number of halogens is 2. The molecule has 64 valence electrons. The maximum atomic E-state index is 10.7. The second-order valence-electron chi connectivity index (χ2n) is 2.18. The van der Waals surface area contributed by atoms with E-state index in [-0.39, 0.29) is 0 Å². The average Bonchev–Trinajstić information content (AvgIpc) is 2.03. The number of carbonyl (C=O) groups excluding carboxylic acids is 1. The van der Waals surface area contributed by atoms with Crippen LogP contribution in [-0.2, 0) is 4.79 Å². The highest BCUT2D eigenvalue weighted by Gasteiger charge is 2.13. The smallest absolute Gasteiger partial charge is 0.240 e. The van der Waals surface area contributed by atoms with Gasteiger partial charge in [0.05, 0.1) is 0 Å². The number of amides is 1. The van der Waals surface area contributed by atoms with Gasteiger partial charge in [0.25, 0.3) is 0 Å². The van der Waals surface area contributed by atoms with Crippen LogP contribution in [0.25, 0.3) is 0 Å². The minimum absolute atomic E-state index is 0.560. The summed E-state index contributed by atoms with van der Waals surface area (Å²) < 4.78 is 0.631. The molecule has 1 amide bonds. The van der Waals surface area contributed by atoms with Crippen LogP contribution in [0.1, 0.15) is 10.9 Å². The normalized spacial score (nSPS) is 12.5. The lowest BCUT2D eigenvalue weighted by Gasteiger charge is -2.04. The summed E-state index contributed by atoms with van der Waals surface area (Å²) in [4.78, 5) is 14.6. The molecule has 2 N–H and O–H groups in total. The lowest BCUT2D eigenvalue weighted by molar-refractivity contribution is -0.117. The molecule has 0 aliphatic carbocycles.